The van der Waals surface area contributed by atoms with E-state index < -0.39 is 0 Å². The van der Waals surface area contributed by atoms with E-state index in [2.05, 4.69) is 17.4 Å². The molecule has 1 amide bonds. The molecule has 0 bridgehead atoms. The fraction of sp³-hybridized carbons (Fsp3) is 0.235. The molecule has 20 heavy (non-hydrogen) atoms. The van der Waals surface area contributed by atoms with Gasteiger partial charge in [0.15, 0.2) is 0 Å². The lowest BCUT2D eigenvalue weighted by atomic mass is 10.1. The van der Waals surface area contributed by atoms with Crippen LogP contribution >= 0.6 is 11.8 Å². The number of rotatable bonds is 5. The maximum absolute atomic E-state index is 11.8. The van der Waals surface area contributed by atoms with Crippen molar-refractivity contribution in [2.45, 2.75) is 30.5 Å². The summed E-state index contributed by atoms with van der Waals surface area (Å²) in [5.74, 6) is 0.901. The molecule has 0 heterocycles. The molecule has 0 aliphatic rings. The summed E-state index contributed by atoms with van der Waals surface area (Å²) in [5, 5.41) is 2.89. The maximum atomic E-state index is 11.8. The Morgan fingerprint density at radius 3 is 2.30 bits per heavy atom. The van der Waals surface area contributed by atoms with Gasteiger partial charge in [0, 0.05) is 22.3 Å². The van der Waals surface area contributed by atoms with E-state index in [9.17, 15) is 4.79 Å². The summed E-state index contributed by atoms with van der Waals surface area (Å²) in [5.41, 5.74) is 1.94. The summed E-state index contributed by atoms with van der Waals surface area (Å²) in [6.45, 7) is 3.92. The van der Waals surface area contributed by atoms with Crippen LogP contribution in [0.4, 0.5) is 0 Å². The zero-order chi connectivity index (χ0) is 14.4. The molecule has 104 valence electrons. The van der Waals surface area contributed by atoms with Crippen LogP contribution in [0.15, 0.2) is 59.5 Å². The lowest BCUT2D eigenvalue weighted by Gasteiger charge is -2.08. The van der Waals surface area contributed by atoms with E-state index in [1.165, 1.54) is 10.5 Å². The third-order valence-corrected chi connectivity index (χ3v) is 3.87. The number of thioether (sulfide) groups is 1. The van der Waals surface area contributed by atoms with Crippen molar-refractivity contribution in [1.82, 2.24) is 5.32 Å². The molecule has 2 rings (SSSR count). The number of nitrogens with one attached hydrogen (secondary N) is 1. The minimum absolute atomic E-state index is 0.0118. The van der Waals surface area contributed by atoms with Crippen LogP contribution in [0.2, 0.25) is 0 Å². The fourth-order valence-electron chi connectivity index (χ4n) is 1.78. The van der Waals surface area contributed by atoms with Gasteiger partial charge >= 0.3 is 0 Å². The molecule has 3 heteroatoms. The van der Waals surface area contributed by atoms with Gasteiger partial charge in [0.2, 0.25) is 0 Å². The molecule has 0 atom stereocenters. The van der Waals surface area contributed by atoms with Gasteiger partial charge < -0.3 is 5.32 Å². The van der Waals surface area contributed by atoms with Crippen LogP contribution in [-0.2, 0) is 5.75 Å². The highest BCUT2D eigenvalue weighted by molar-refractivity contribution is 7.98. The summed E-state index contributed by atoms with van der Waals surface area (Å²) >= 11 is 1.80. The Balaban J connectivity index is 1.93. The number of amides is 1. The highest BCUT2D eigenvalue weighted by atomic mass is 32.2. The second-order valence-corrected chi connectivity index (χ2v) is 5.98. The SMILES string of the molecule is CC(C)NC(=O)c1ccc(CSc2ccccc2)cc1. The molecule has 0 saturated heterocycles. The zero-order valence-electron chi connectivity index (χ0n) is 11.8. The van der Waals surface area contributed by atoms with Crippen molar-refractivity contribution in [2.75, 3.05) is 0 Å². The third kappa shape index (κ3) is 4.42. The van der Waals surface area contributed by atoms with Crippen LogP contribution in [0.5, 0.6) is 0 Å². The lowest BCUT2D eigenvalue weighted by molar-refractivity contribution is 0.0943. The van der Waals surface area contributed by atoms with E-state index >= 15 is 0 Å². The minimum Gasteiger partial charge on any atom is -0.350 e. The molecule has 0 unspecified atom stereocenters. The molecule has 0 spiro atoms. The first kappa shape index (κ1) is 14.7. The van der Waals surface area contributed by atoms with Crippen LogP contribution in [0.3, 0.4) is 0 Å². The summed E-state index contributed by atoms with van der Waals surface area (Å²) in [6, 6.07) is 18.3. The largest absolute Gasteiger partial charge is 0.350 e. The standard InChI is InChI=1S/C17H19NOS/c1-13(2)18-17(19)15-10-8-14(9-11-15)12-20-16-6-4-3-5-7-16/h3-11,13H,12H2,1-2H3,(H,18,19). The highest BCUT2D eigenvalue weighted by Gasteiger charge is 2.06. The van der Waals surface area contributed by atoms with E-state index in [1.54, 1.807) is 11.8 Å². The van der Waals surface area contributed by atoms with E-state index in [-0.39, 0.29) is 11.9 Å². The van der Waals surface area contributed by atoms with Crippen molar-refractivity contribution in [3.8, 4) is 0 Å². The number of carbonyl (C=O) groups excluding carboxylic acids is 1. The van der Waals surface area contributed by atoms with Gasteiger partial charge in [0.05, 0.1) is 0 Å². The average Bonchev–Trinajstić information content (AvgIpc) is 2.46. The summed E-state index contributed by atoms with van der Waals surface area (Å²) in [6.07, 6.45) is 0. The van der Waals surface area contributed by atoms with Crippen molar-refractivity contribution in [1.29, 1.82) is 0 Å². The molecule has 0 aliphatic heterocycles. The van der Waals surface area contributed by atoms with Gasteiger partial charge in [0.25, 0.3) is 5.91 Å². The van der Waals surface area contributed by atoms with Gasteiger partial charge in [-0.05, 0) is 43.7 Å². The Hall–Kier alpha value is -1.74. The Morgan fingerprint density at radius 1 is 1.05 bits per heavy atom. The predicted octanol–water partition coefficient (Wildman–Crippen LogP) is 4.12. The van der Waals surface area contributed by atoms with Crippen molar-refractivity contribution in [2.24, 2.45) is 0 Å². The number of hydrogen-bond acceptors (Lipinski definition) is 2. The summed E-state index contributed by atoms with van der Waals surface area (Å²) in [7, 11) is 0. The molecule has 0 radical (unpaired) electrons. The molecule has 2 aromatic carbocycles. The molecule has 0 aliphatic carbocycles. The van der Waals surface area contributed by atoms with E-state index in [4.69, 9.17) is 0 Å². The first-order chi connectivity index (χ1) is 9.65. The first-order valence-electron chi connectivity index (χ1n) is 6.73. The van der Waals surface area contributed by atoms with E-state index in [1.807, 2.05) is 56.3 Å². The van der Waals surface area contributed by atoms with Crippen molar-refractivity contribution in [3.63, 3.8) is 0 Å². The van der Waals surface area contributed by atoms with E-state index in [0.29, 0.717) is 5.56 Å². The summed E-state index contributed by atoms with van der Waals surface area (Å²) < 4.78 is 0. The molecule has 0 aromatic heterocycles. The zero-order valence-corrected chi connectivity index (χ0v) is 12.6. The molecule has 2 nitrogen and oxygen atoms in total. The monoisotopic (exact) mass is 285 g/mol. The van der Waals surface area contributed by atoms with Gasteiger partial charge in [0.1, 0.15) is 0 Å². The molecule has 0 fully saturated rings. The van der Waals surface area contributed by atoms with Crippen LogP contribution < -0.4 is 5.32 Å². The Morgan fingerprint density at radius 2 is 1.70 bits per heavy atom. The highest BCUT2D eigenvalue weighted by Crippen LogP contribution is 2.22. The minimum atomic E-state index is -0.0118. The van der Waals surface area contributed by atoms with Crippen molar-refractivity contribution in [3.05, 3.63) is 65.7 Å². The third-order valence-electron chi connectivity index (χ3n) is 2.78. The van der Waals surface area contributed by atoms with Crippen molar-refractivity contribution < 1.29 is 4.79 Å². The summed E-state index contributed by atoms with van der Waals surface area (Å²) in [4.78, 5) is 13.1. The van der Waals surface area contributed by atoms with Crippen LogP contribution in [0, 0.1) is 0 Å². The Labute approximate surface area is 124 Å². The number of benzene rings is 2. The molecular weight excluding hydrogens is 266 g/mol. The van der Waals surface area contributed by atoms with Gasteiger partial charge in [-0.25, -0.2) is 0 Å². The molecular formula is C17H19NOS. The lowest BCUT2D eigenvalue weighted by Crippen LogP contribution is -2.29. The van der Waals surface area contributed by atoms with Crippen LogP contribution in [0.1, 0.15) is 29.8 Å². The van der Waals surface area contributed by atoms with Gasteiger partial charge in [-0.2, -0.15) is 0 Å². The van der Waals surface area contributed by atoms with Gasteiger partial charge in [-0.15, -0.1) is 11.8 Å². The molecule has 1 N–H and O–H groups in total. The second-order valence-electron chi connectivity index (χ2n) is 4.93. The van der Waals surface area contributed by atoms with E-state index in [0.717, 1.165) is 5.75 Å². The van der Waals surface area contributed by atoms with Crippen molar-refractivity contribution >= 4 is 17.7 Å². The average molecular weight is 285 g/mol. The smallest absolute Gasteiger partial charge is 0.251 e. The maximum Gasteiger partial charge on any atom is 0.251 e. The predicted molar refractivity (Wildman–Crippen MR) is 85.0 cm³/mol. The van der Waals surface area contributed by atoms with Gasteiger partial charge in [-0.1, -0.05) is 30.3 Å². The Kier molecular flexibility index (Phi) is 5.24. The quantitative estimate of drug-likeness (QED) is 0.837. The topological polar surface area (TPSA) is 29.1 Å². The molecule has 0 saturated carbocycles. The second kappa shape index (κ2) is 7.15. The molecule has 2 aromatic rings. The first-order valence-corrected chi connectivity index (χ1v) is 7.71. The van der Waals surface area contributed by atoms with Crippen LogP contribution in [0.25, 0.3) is 0 Å². The normalized spacial score (nSPS) is 10.6. The number of carbonyl (C=O) groups is 1. The number of hydrogen-bond donors (Lipinski definition) is 1. The Bertz CT molecular complexity index is 549. The van der Waals surface area contributed by atoms with Gasteiger partial charge in [-0.3, -0.25) is 4.79 Å². The fourth-order valence-corrected chi connectivity index (χ4v) is 2.66. The van der Waals surface area contributed by atoms with Crippen LogP contribution in [-0.4, -0.2) is 11.9 Å².